The summed E-state index contributed by atoms with van der Waals surface area (Å²) in [6.07, 6.45) is 2.98. The topological polar surface area (TPSA) is 55.6 Å². The first-order valence-electron chi connectivity index (χ1n) is 7.60. The molecule has 0 unspecified atom stereocenters. The number of alkyl halides is 2. The van der Waals surface area contributed by atoms with E-state index in [0.29, 0.717) is 25.3 Å². The number of carbonyl (C=O) groups excluding carboxylic acids is 1. The van der Waals surface area contributed by atoms with Crippen molar-refractivity contribution in [2.45, 2.75) is 32.3 Å². The molecule has 1 saturated heterocycles. The SMILES string of the molecule is NCC1CCN(C(=O)CCc2ccc(OC(F)F)cc2)CC1. The minimum Gasteiger partial charge on any atom is -0.435 e. The zero-order valence-electron chi connectivity index (χ0n) is 12.5. The first-order chi connectivity index (χ1) is 10.6. The Morgan fingerprint density at radius 1 is 1.27 bits per heavy atom. The predicted octanol–water partition coefficient (Wildman–Crippen LogP) is 2.42. The minimum atomic E-state index is -2.82. The summed E-state index contributed by atoms with van der Waals surface area (Å²) in [5, 5.41) is 0. The lowest BCUT2D eigenvalue weighted by atomic mass is 9.96. The van der Waals surface area contributed by atoms with Crippen LogP contribution >= 0.6 is 0 Å². The van der Waals surface area contributed by atoms with E-state index in [0.717, 1.165) is 31.5 Å². The second-order valence-electron chi connectivity index (χ2n) is 5.58. The molecule has 1 aliphatic rings. The highest BCUT2D eigenvalue weighted by Gasteiger charge is 2.21. The molecule has 1 fully saturated rings. The van der Waals surface area contributed by atoms with Crippen molar-refractivity contribution in [2.24, 2.45) is 11.7 Å². The van der Waals surface area contributed by atoms with Gasteiger partial charge in [0.1, 0.15) is 5.75 Å². The highest BCUT2D eigenvalue weighted by molar-refractivity contribution is 5.76. The van der Waals surface area contributed by atoms with Crippen molar-refractivity contribution in [3.63, 3.8) is 0 Å². The number of halogens is 2. The average molecular weight is 312 g/mol. The number of ether oxygens (including phenoxy) is 1. The van der Waals surface area contributed by atoms with Gasteiger partial charge in [-0.2, -0.15) is 8.78 Å². The molecule has 0 aliphatic carbocycles. The minimum absolute atomic E-state index is 0.133. The molecule has 0 spiro atoms. The maximum Gasteiger partial charge on any atom is 0.387 e. The molecule has 1 amide bonds. The van der Waals surface area contributed by atoms with E-state index in [2.05, 4.69) is 4.74 Å². The van der Waals surface area contributed by atoms with Crippen molar-refractivity contribution in [1.29, 1.82) is 0 Å². The smallest absolute Gasteiger partial charge is 0.387 e. The number of hydrogen-bond acceptors (Lipinski definition) is 3. The molecule has 122 valence electrons. The van der Waals surface area contributed by atoms with Gasteiger partial charge in [-0.05, 0) is 49.4 Å². The molecule has 4 nitrogen and oxygen atoms in total. The Balaban J connectivity index is 1.76. The molecule has 2 rings (SSSR count). The van der Waals surface area contributed by atoms with Crippen LogP contribution in [0.5, 0.6) is 5.75 Å². The zero-order chi connectivity index (χ0) is 15.9. The van der Waals surface area contributed by atoms with E-state index in [9.17, 15) is 13.6 Å². The first-order valence-corrected chi connectivity index (χ1v) is 7.60. The lowest BCUT2D eigenvalue weighted by molar-refractivity contribution is -0.132. The Morgan fingerprint density at radius 2 is 1.91 bits per heavy atom. The van der Waals surface area contributed by atoms with E-state index in [1.54, 1.807) is 12.1 Å². The summed E-state index contributed by atoms with van der Waals surface area (Å²) < 4.78 is 28.4. The summed E-state index contributed by atoms with van der Waals surface area (Å²) in [7, 11) is 0. The van der Waals surface area contributed by atoms with Crippen molar-refractivity contribution < 1.29 is 18.3 Å². The Kier molecular flexibility index (Phi) is 6.12. The van der Waals surface area contributed by atoms with E-state index in [1.165, 1.54) is 12.1 Å². The van der Waals surface area contributed by atoms with Gasteiger partial charge in [0.25, 0.3) is 0 Å². The Labute approximate surface area is 129 Å². The summed E-state index contributed by atoms with van der Waals surface area (Å²) in [4.78, 5) is 14.0. The van der Waals surface area contributed by atoms with Crippen LogP contribution in [0.3, 0.4) is 0 Å². The van der Waals surface area contributed by atoms with Crippen molar-refractivity contribution in [3.8, 4) is 5.75 Å². The van der Waals surface area contributed by atoms with Crippen LogP contribution in [0.15, 0.2) is 24.3 Å². The zero-order valence-corrected chi connectivity index (χ0v) is 12.5. The fourth-order valence-electron chi connectivity index (χ4n) is 2.67. The van der Waals surface area contributed by atoms with Crippen LogP contribution in [0.25, 0.3) is 0 Å². The quantitative estimate of drug-likeness (QED) is 0.877. The number of carbonyl (C=O) groups is 1. The van der Waals surface area contributed by atoms with Gasteiger partial charge in [0.2, 0.25) is 5.91 Å². The summed E-state index contributed by atoms with van der Waals surface area (Å²) in [6, 6.07) is 6.43. The van der Waals surface area contributed by atoms with Gasteiger partial charge in [0.05, 0.1) is 0 Å². The number of nitrogens with zero attached hydrogens (tertiary/aromatic N) is 1. The molecule has 0 bridgehead atoms. The van der Waals surface area contributed by atoms with E-state index >= 15 is 0 Å². The third kappa shape index (κ3) is 4.94. The van der Waals surface area contributed by atoms with Crippen LogP contribution in [0.4, 0.5) is 8.78 Å². The van der Waals surface area contributed by atoms with Crippen molar-refractivity contribution in [3.05, 3.63) is 29.8 Å². The Morgan fingerprint density at radius 3 is 2.45 bits per heavy atom. The van der Waals surface area contributed by atoms with Crippen LogP contribution in [0.2, 0.25) is 0 Å². The second kappa shape index (κ2) is 8.08. The van der Waals surface area contributed by atoms with Crippen LogP contribution in [0, 0.1) is 5.92 Å². The van der Waals surface area contributed by atoms with Gasteiger partial charge in [-0.25, -0.2) is 0 Å². The number of piperidine rings is 1. The lowest BCUT2D eigenvalue weighted by Gasteiger charge is -2.31. The number of amides is 1. The fourth-order valence-corrected chi connectivity index (χ4v) is 2.67. The molecular weight excluding hydrogens is 290 g/mol. The number of nitrogens with two attached hydrogens (primary N) is 1. The highest BCUT2D eigenvalue weighted by atomic mass is 19.3. The standard InChI is InChI=1S/C16H22F2N2O2/c17-16(18)22-14-4-1-12(2-5-14)3-6-15(21)20-9-7-13(11-19)8-10-20/h1-2,4-5,13,16H,3,6-11,19H2. The summed E-state index contributed by atoms with van der Waals surface area (Å²) in [5.41, 5.74) is 6.58. The van der Waals surface area contributed by atoms with Crippen LogP contribution in [-0.2, 0) is 11.2 Å². The van der Waals surface area contributed by atoms with Crippen LogP contribution in [-0.4, -0.2) is 37.1 Å². The van der Waals surface area contributed by atoms with E-state index in [4.69, 9.17) is 5.73 Å². The average Bonchev–Trinajstić information content (AvgIpc) is 2.53. The highest BCUT2D eigenvalue weighted by Crippen LogP contribution is 2.18. The number of hydrogen-bond donors (Lipinski definition) is 1. The van der Waals surface area contributed by atoms with E-state index in [-0.39, 0.29) is 11.7 Å². The van der Waals surface area contributed by atoms with Crippen molar-refractivity contribution >= 4 is 5.91 Å². The molecule has 1 heterocycles. The van der Waals surface area contributed by atoms with Gasteiger partial charge in [-0.3, -0.25) is 4.79 Å². The molecule has 0 saturated carbocycles. The summed E-state index contributed by atoms with van der Waals surface area (Å²) in [5.74, 6) is 0.809. The third-order valence-corrected chi connectivity index (χ3v) is 4.08. The molecule has 22 heavy (non-hydrogen) atoms. The molecule has 1 aromatic rings. The van der Waals surface area contributed by atoms with Gasteiger partial charge in [-0.15, -0.1) is 0 Å². The Bertz CT molecular complexity index is 472. The number of rotatable bonds is 6. The molecular formula is C16H22F2N2O2. The first kappa shape index (κ1) is 16.7. The maximum absolute atomic E-state index is 12.1. The molecule has 1 aromatic carbocycles. The summed E-state index contributed by atoms with van der Waals surface area (Å²) >= 11 is 0. The Hall–Kier alpha value is -1.69. The number of aryl methyl sites for hydroxylation is 1. The molecule has 1 aliphatic heterocycles. The van der Waals surface area contributed by atoms with E-state index < -0.39 is 6.61 Å². The molecule has 6 heteroatoms. The van der Waals surface area contributed by atoms with Gasteiger partial charge < -0.3 is 15.4 Å². The van der Waals surface area contributed by atoms with Gasteiger partial charge in [0.15, 0.2) is 0 Å². The number of benzene rings is 1. The van der Waals surface area contributed by atoms with Gasteiger partial charge in [0, 0.05) is 19.5 Å². The fraction of sp³-hybridized carbons (Fsp3) is 0.562. The van der Waals surface area contributed by atoms with Gasteiger partial charge in [-0.1, -0.05) is 12.1 Å². The number of likely N-dealkylation sites (tertiary alicyclic amines) is 1. The monoisotopic (exact) mass is 312 g/mol. The van der Waals surface area contributed by atoms with Crippen molar-refractivity contribution in [1.82, 2.24) is 4.90 Å². The summed E-state index contributed by atoms with van der Waals surface area (Å²) in [6.45, 7) is -0.567. The molecule has 0 radical (unpaired) electrons. The molecule has 0 atom stereocenters. The normalized spacial score (nSPS) is 16.1. The lowest BCUT2D eigenvalue weighted by Crippen LogP contribution is -2.40. The maximum atomic E-state index is 12.1. The predicted molar refractivity (Wildman–Crippen MR) is 79.8 cm³/mol. The third-order valence-electron chi connectivity index (χ3n) is 4.08. The second-order valence-corrected chi connectivity index (χ2v) is 5.58. The van der Waals surface area contributed by atoms with Crippen LogP contribution in [0.1, 0.15) is 24.8 Å². The van der Waals surface area contributed by atoms with Crippen LogP contribution < -0.4 is 10.5 Å². The van der Waals surface area contributed by atoms with E-state index in [1.807, 2.05) is 4.90 Å². The molecule has 0 aromatic heterocycles. The largest absolute Gasteiger partial charge is 0.435 e. The van der Waals surface area contributed by atoms with Crippen molar-refractivity contribution in [2.75, 3.05) is 19.6 Å². The van der Waals surface area contributed by atoms with Gasteiger partial charge >= 0.3 is 6.61 Å². The molecule has 2 N–H and O–H groups in total.